The average molecular weight is 167 g/mol. The van der Waals surface area contributed by atoms with Gasteiger partial charge in [0, 0.05) is 11.1 Å². The SMILES string of the molecule is NC(=O)c1cc(F)cc(C=O)c1. The Kier molecular flexibility index (Phi) is 2.19. The molecule has 62 valence electrons. The highest BCUT2D eigenvalue weighted by Crippen LogP contribution is 2.06. The second-order valence-corrected chi connectivity index (χ2v) is 2.26. The predicted molar refractivity (Wildman–Crippen MR) is 40.3 cm³/mol. The summed E-state index contributed by atoms with van der Waals surface area (Å²) < 4.78 is 12.6. The molecule has 1 aromatic carbocycles. The quantitative estimate of drug-likeness (QED) is 0.660. The van der Waals surface area contributed by atoms with Crippen LogP contribution >= 0.6 is 0 Å². The number of hydrogen-bond acceptors (Lipinski definition) is 2. The Hall–Kier alpha value is -1.71. The van der Waals surface area contributed by atoms with E-state index in [1.54, 1.807) is 0 Å². The topological polar surface area (TPSA) is 60.2 Å². The molecule has 0 saturated carbocycles. The third-order valence-electron chi connectivity index (χ3n) is 1.34. The summed E-state index contributed by atoms with van der Waals surface area (Å²) in [7, 11) is 0. The van der Waals surface area contributed by atoms with Gasteiger partial charge in [0.1, 0.15) is 12.1 Å². The molecule has 0 aliphatic rings. The zero-order valence-corrected chi connectivity index (χ0v) is 6.08. The Morgan fingerprint density at radius 1 is 1.42 bits per heavy atom. The maximum Gasteiger partial charge on any atom is 0.248 e. The van der Waals surface area contributed by atoms with E-state index in [1.165, 1.54) is 6.07 Å². The minimum atomic E-state index is -0.752. The summed E-state index contributed by atoms with van der Waals surface area (Å²) in [4.78, 5) is 20.8. The lowest BCUT2D eigenvalue weighted by molar-refractivity contribution is 0.1000. The van der Waals surface area contributed by atoms with Gasteiger partial charge in [0.15, 0.2) is 0 Å². The molecule has 0 unspecified atom stereocenters. The van der Waals surface area contributed by atoms with Gasteiger partial charge >= 0.3 is 0 Å². The molecule has 0 aliphatic carbocycles. The Labute approximate surface area is 68.0 Å². The van der Waals surface area contributed by atoms with Crippen LogP contribution in [0.15, 0.2) is 18.2 Å². The zero-order chi connectivity index (χ0) is 9.14. The zero-order valence-electron chi connectivity index (χ0n) is 6.08. The first-order chi connectivity index (χ1) is 5.63. The molecule has 0 fully saturated rings. The highest BCUT2D eigenvalue weighted by atomic mass is 19.1. The van der Waals surface area contributed by atoms with Gasteiger partial charge in [-0.2, -0.15) is 0 Å². The number of carbonyl (C=O) groups is 2. The van der Waals surface area contributed by atoms with Crippen LogP contribution in [0.1, 0.15) is 20.7 Å². The van der Waals surface area contributed by atoms with Crippen LogP contribution in [0.4, 0.5) is 4.39 Å². The molecule has 2 N–H and O–H groups in total. The molecule has 0 aliphatic heterocycles. The number of hydrogen-bond donors (Lipinski definition) is 1. The number of primary amides is 1. The van der Waals surface area contributed by atoms with Gasteiger partial charge in [-0.1, -0.05) is 0 Å². The summed E-state index contributed by atoms with van der Waals surface area (Å²) >= 11 is 0. The fourth-order valence-corrected chi connectivity index (χ4v) is 0.823. The third-order valence-corrected chi connectivity index (χ3v) is 1.34. The normalized spacial score (nSPS) is 9.42. The summed E-state index contributed by atoms with van der Waals surface area (Å²) in [5.74, 6) is -1.40. The fraction of sp³-hybridized carbons (Fsp3) is 0. The molecule has 12 heavy (non-hydrogen) atoms. The van der Waals surface area contributed by atoms with Crippen LogP contribution in [-0.2, 0) is 0 Å². The van der Waals surface area contributed by atoms with Crippen molar-refractivity contribution in [2.24, 2.45) is 5.73 Å². The van der Waals surface area contributed by atoms with E-state index >= 15 is 0 Å². The molecule has 1 rings (SSSR count). The molecule has 1 amide bonds. The van der Waals surface area contributed by atoms with E-state index in [1.807, 2.05) is 0 Å². The van der Waals surface area contributed by atoms with E-state index in [2.05, 4.69) is 0 Å². The van der Waals surface area contributed by atoms with E-state index in [-0.39, 0.29) is 11.1 Å². The molecule has 0 spiro atoms. The fourth-order valence-electron chi connectivity index (χ4n) is 0.823. The summed E-state index contributed by atoms with van der Waals surface area (Å²) in [5.41, 5.74) is 4.98. The van der Waals surface area contributed by atoms with Crippen molar-refractivity contribution >= 4 is 12.2 Å². The van der Waals surface area contributed by atoms with Gasteiger partial charge in [0.2, 0.25) is 5.91 Å². The van der Waals surface area contributed by atoms with Crippen LogP contribution in [0.3, 0.4) is 0 Å². The smallest absolute Gasteiger partial charge is 0.248 e. The second-order valence-electron chi connectivity index (χ2n) is 2.26. The molecule has 0 aromatic heterocycles. The van der Waals surface area contributed by atoms with Crippen LogP contribution in [0, 0.1) is 5.82 Å². The van der Waals surface area contributed by atoms with Gasteiger partial charge in [0.05, 0.1) is 0 Å². The summed E-state index contributed by atoms with van der Waals surface area (Å²) in [6.45, 7) is 0. The minimum absolute atomic E-state index is 0.00269. The van der Waals surface area contributed by atoms with E-state index in [0.717, 1.165) is 12.1 Å². The number of amides is 1. The first-order valence-electron chi connectivity index (χ1n) is 3.19. The maximum absolute atomic E-state index is 12.6. The first-order valence-corrected chi connectivity index (χ1v) is 3.19. The van der Waals surface area contributed by atoms with Gasteiger partial charge in [-0.3, -0.25) is 9.59 Å². The maximum atomic E-state index is 12.6. The highest BCUT2D eigenvalue weighted by Gasteiger charge is 2.03. The average Bonchev–Trinajstić information content (AvgIpc) is 2.03. The van der Waals surface area contributed by atoms with Crippen molar-refractivity contribution in [2.45, 2.75) is 0 Å². The first kappa shape index (κ1) is 8.39. The number of nitrogens with two attached hydrogens (primary N) is 1. The van der Waals surface area contributed by atoms with Crippen molar-refractivity contribution in [1.82, 2.24) is 0 Å². The lowest BCUT2D eigenvalue weighted by Crippen LogP contribution is -2.11. The summed E-state index contributed by atoms with van der Waals surface area (Å²) in [6, 6.07) is 3.24. The Morgan fingerprint density at radius 3 is 2.58 bits per heavy atom. The van der Waals surface area contributed by atoms with E-state index in [4.69, 9.17) is 5.73 Å². The Bertz CT molecular complexity index is 336. The number of benzene rings is 1. The van der Waals surface area contributed by atoms with Crippen molar-refractivity contribution in [3.8, 4) is 0 Å². The Balaban J connectivity index is 3.23. The van der Waals surface area contributed by atoms with Crippen molar-refractivity contribution < 1.29 is 14.0 Å². The molecule has 1 aromatic rings. The van der Waals surface area contributed by atoms with E-state index in [0.29, 0.717) is 6.29 Å². The number of rotatable bonds is 2. The van der Waals surface area contributed by atoms with Crippen molar-refractivity contribution in [3.05, 3.63) is 35.1 Å². The Morgan fingerprint density at radius 2 is 2.08 bits per heavy atom. The third kappa shape index (κ3) is 1.66. The monoisotopic (exact) mass is 167 g/mol. The largest absolute Gasteiger partial charge is 0.366 e. The summed E-state index contributed by atoms with van der Waals surface area (Å²) in [6.07, 6.45) is 0.454. The van der Waals surface area contributed by atoms with Crippen molar-refractivity contribution in [1.29, 1.82) is 0 Å². The predicted octanol–water partition coefficient (Wildman–Crippen LogP) is 0.737. The molecule has 0 saturated heterocycles. The van der Waals surface area contributed by atoms with E-state index < -0.39 is 11.7 Å². The molecule has 4 heteroatoms. The minimum Gasteiger partial charge on any atom is -0.366 e. The van der Waals surface area contributed by atoms with Crippen LogP contribution in [0.25, 0.3) is 0 Å². The molecule has 0 bridgehead atoms. The van der Waals surface area contributed by atoms with Crippen molar-refractivity contribution in [3.63, 3.8) is 0 Å². The van der Waals surface area contributed by atoms with Gasteiger partial charge in [0.25, 0.3) is 0 Å². The molecule has 3 nitrogen and oxygen atoms in total. The van der Waals surface area contributed by atoms with Crippen LogP contribution in [0.2, 0.25) is 0 Å². The van der Waals surface area contributed by atoms with Crippen LogP contribution < -0.4 is 5.73 Å². The molecular formula is C8H6FNO2. The standard InChI is InChI=1S/C8H6FNO2/c9-7-2-5(4-11)1-6(3-7)8(10)12/h1-4H,(H2,10,12). The molecular weight excluding hydrogens is 161 g/mol. The van der Waals surface area contributed by atoms with Gasteiger partial charge in [-0.25, -0.2) is 4.39 Å². The molecule has 0 radical (unpaired) electrons. The lowest BCUT2D eigenvalue weighted by atomic mass is 10.1. The number of halogens is 1. The van der Waals surface area contributed by atoms with Crippen molar-refractivity contribution in [2.75, 3.05) is 0 Å². The van der Waals surface area contributed by atoms with Crippen LogP contribution in [0.5, 0.6) is 0 Å². The highest BCUT2D eigenvalue weighted by molar-refractivity contribution is 5.94. The van der Waals surface area contributed by atoms with Gasteiger partial charge in [-0.15, -0.1) is 0 Å². The van der Waals surface area contributed by atoms with Gasteiger partial charge in [-0.05, 0) is 18.2 Å². The van der Waals surface area contributed by atoms with E-state index in [9.17, 15) is 14.0 Å². The number of aldehydes is 1. The lowest BCUT2D eigenvalue weighted by Gasteiger charge is -1.96. The number of carbonyl (C=O) groups excluding carboxylic acids is 2. The second kappa shape index (κ2) is 3.13. The van der Waals surface area contributed by atoms with Crippen LogP contribution in [-0.4, -0.2) is 12.2 Å². The van der Waals surface area contributed by atoms with Gasteiger partial charge < -0.3 is 5.73 Å². The molecule has 0 atom stereocenters. The molecule has 0 heterocycles. The summed E-state index contributed by atoms with van der Waals surface area (Å²) in [5, 5.41) is 0.